The number of carbonyl (C=O) groups excluding carboxylic acids is 2. The summed E-state index contributed by atoms with van der Waals surface area (Å²) in [5.41, 5.74) is 0.144. The molecule has 0 bridgehead atoms. The fourth-order valence-corrected chi connectivity index (χ4v) is 4.14. The number of thiazole rings is 1. The van der Waals surface area contributed by atoms with Crippen molar-refractivity contribution in [2.45, 2.75) is 26.0 Å². The van der Waals surface area contributed by atoms with Crippen LogP contribution >= 0.6 is 11.3 Å². The van der Waals surface area contributed by atoms with Gasteiger partial charge in [-0.15, -0.1) is 11.3 Å². The normalized spacial score (nSPS) is 15.8. The molecule has 0 N–H and O–H groups in total. The predicted molar refractivity (Wildman–Crippen MR) is 103 cm³/mol. The number of halogens is 3. The highest BCUT2D eigenvalue weighted by atomic mass is 32.1. The van der Waals surface area contributed by atoms with Gasteiger partial charge in [-0.2, -0.15) is 0 Å². The molecule has 0 aliphatic carbocycles. The van der Waals surface area contributed by atoms with Crippen LogP contribution in [-0.2, 0) is 20.9 Å². The molecule has 6 nitrogen and oxygen atoms in total. The van der Waals surface area contributed by atoms with Gasteiger partial charge in [-0.1, -0.05) is 12.1 Å². The van der Waals surface area contributed by atoms with Crippen LogP contribution in [0.5, 0.6) is 5.75 Å². The van der Waals surface area contributed by atoms with Crippen molar-refractivity contribution < 1.29 is 32.2 Å². The lowest BCUT2D eigenvalue weighted by Gasteiger charge is -2.33. The minimum Gasteiger partial charge on any atom is -0.478 e. The van der Waals surface area contributed by atoms with Crippen molar-refractivity contribution in [2.75, 3.05) is 11.5 Å². The van der Waals surface area contributed by atoms with Gasteiger partial charge < -0.3 is 9.47 Å². The Morgan fingerprint density at radius 3 is 2.80 bits per heavy atom. The summed E-state index contributed by atoms with van der Waals surface area (Å²) in [7, 11) is 0. The van der Waals surface area contributed by atoms with Crippen molar-refractivity contribution in [1.82, 2.24) is 4.98 Å². The molecule has 1 aromatic heterocycles. The molecule has 0 saturated heterocycles. The largest absolute Gasteiger partial charge is 0.478 e. The van der Waals surface area contributed by atoms with Crippen LogP contribution in [0.2, 0.25) is 0 Å². The number of hydrogen-bond acceptors (Lipinski definition) is 6. The van der Waals surface area contributed by atoms with Crippen LogP contribution in [0.3, 0.4) is 0 Å². The molecule has 1 unspecified atom stereocenters. The van der Waals surface area contributed by atoms with Crippen LogP contribution < -0.4 is 9.64 Å². The Hall–Kier alpha value is -3.14. The fraction of sp³-hybridized carbons (Fsp3) is 0.250. The molecule has 0 fully saturated rings. The first-order chi connectivity index (χ1) is 14.4. The van der Waals surface area contributed by atoms with Crippen molar-refractivity contribution in [1.29, 1.82) is 0 Å². The first-order valence-corrected chi connectivity index (χ1v) is 9.86. The molecular formula is C20H15F3N2O4S. The molecule has 0 saturated carbocycles. The zero-order chi connectivity index (χ0) is 21.4. The van der Waals surface area contributed by atoms with Gasteiger partial charge in [-0.3, -0.25) is 14.5 Å². The number of esters is 1. The second-order valence-corrected chi connectivity index (χ2v) is 7.56. The SMILES string of the molecule is CCOC(=O)CC1Oc2ccccc2N(Cc2nc3c(F)c(F)c(F)cc3s2)C1=O. The molecule has 2 heterocycles. The maximum Gasteiger partial charge on any atom is 0.310 e. The van der Waals surface area contributed by atoms with Crippen LogP contribution in [0.15, 0.2) is 30.3 Å². The quantitative estimate of drug-likeness (QED) is 0.447. The fourth-order valence-electron chi connectivity index (χ4n) is 3.16. The smallest absolute Gasteiger partial charge is 0.310 e. The summed E-state index contributed by atoms with van der Waals surface area (Å²) >= 11 is 0.944. The van der Waals surface area contributed by atoms with E-state index in [0.717, 1.165) is 17.4 Å². The number of ether oxygens (including phenoxy) is 2. The summed E-state index contributed by atoms with van der Waals surface area (Å²) in [6.07, 6.45) is -1.37. The average molecular weight is 436 g/mol. The molecule has 0 radical (unpaired) electrons. The van der Waals surface area contributed by atoms with Gasteiger partial charge in [0.25, 0.3) is 5.91 Å². The lowest BCUT2D eigenvalue weighted by molar-refractivity contribution is -0.147. The van der Waals surface area contributed by atoms with E-state index < -0.39 is 35.4 Å². The third kappa shape index (κ3) is 3.58. The highest BCUT2D eigenvalue weighted by molar-refractivity contribution is 7.18. The Labute approximate surface area is 172 Å². The molecule has 30 heavy (non-hydrogen) atoms. The van der Waals surface area contributed by atoms with Gasteiger partial charge in [-0.05, 0) is 25.1 Å². The highest BCUT2D eigenvalue weighted by Crippen LogP contribution is 2.37. The summed E-state index contributed by atoms with van der Waals surface area (Å²) in [5, 5.41) is 0.272. The first-order valence-electron chi connectivity index (χ1n) is 9.04. The minimum atomic E-state index is -1.60. The maximum absolute atomic E-state index is 14.0. The third-order valence-corrected chi connectivity index (χ3v) is 5.47. The Morgan fingerprint density at radius 2 is 2.03 bits per heavy atom. The van der Waals surface area contributed by atoms with E-state index in [1.165, 1.54) is 4.90 Å². The Balaban J connectivity index is 1.68. The van der Waals surface area contributed by atoms with E-state index in [1.54, 1.807) is 31.2 Å². The molecule has 1 amide bonds. The molecule has 10 heteroatoms. The van der Waals surface area contributed by atoms with Gasteiger partial charge in [0.1, 0.15) is 16.3 Å². The van der Waals surface area contributed by atoms with Gasteiger partial charge in [-0.25, -0.2) is 18.2 Å². The zero-order valence-electron chi connectivity index (χ0n) is 15.7. The molecule has 1 aliphatic heterocycles. The number of carbonyl (C=O) groups is 2. The van der Waals surface area contributed by atoms with Crippen LogP contribution in [0.25, 0.3) is 10.2 Å². The van der Waals surface area contributed by atoms with E-state index in [9.17, 15) is 22.8 Å². The standard InChI is InChI=1S/C20H15F3N2O4S/c1-2-28-16(26)8-13-20(27)25(11-5-3-4-6-12(11)29-13)9-15-24-19-14(30-15)7-10(21)17(22)18(19)23/h3-7,13H,2,8-9H2,1H3. The Bertz CT molecular complexity index is 1150. The Kier molecular flexibility index (Phi) is 5.33. The summed E-state index contributed by atoms with van der Waals surface area (Å²) in [6.45, 7) is 1.74. The van der Waals surface area contributed by atoms with Crippen molar-refractivity contribution in [2.24, 2.45) is 0 Å². The van der Waals surface area contributed by atoms with Crippen molar-refractivity contribution in [3.63, 3.8) is 0 Å². The molecule has 3 aromatic rings. The van der Waals surface area contributed by atoms with Crippen LogP contribution in [0.1, 0.15) is 18.4 Å². The monoisotopic (exact) mass is 436 g/mol. The van der Waals surface area contributed by atoms with E-state index >= 15 is 0 Å². The van der Waals surface area contributed by atoms with Crippen LogP contribution in [0, 0.1) is 17.5 Å². The van der Waals surface area contributed by atoms with Gasteiger partial charge in [0.2, 0.25) is 0 Å². The molecule has 0 spiro atoms. The molecule has 2 aromatic carbocycles. The number of benzene rings is 2. The topological polar surface area (TPSA) is 68.7 Å². The summed E-state index contributed by atoms with van der Waals surface area (Å²) in [5.74, 6) is -4.97. The second-order valence-electron chi connectivity index (χ2n) is 6.45. The maximum atomic E-state index is 14.0. The number of fused-ring (bicyclic) bond motifs is 2. The zero-order valence-corrected chi connectivity index (χ0v) is 16.5. The predicted octanol–water partition coefficient (Wildman–Crippen LogP) is 3.96. The van der Waals surface area contributed by atoms with Crippen molar-refractivity contribution in [3.8, 4) is 5.75 Å². The molecule has 1 atom stereocenters. The number of nitrogens with zero attached hydrogens (tertiary/aromatic N) is 2. The second kappa shape index (κ2) is 7.94. The summed E-state index contributed by atoms with van der Waals surface area (Å²) in [6, 6.07) is 7.59. The van der Waals surface area contributed by atoms with Crippen LogP contribution in [-0.4, -0.2) is 29.6 Å². The molecule has 1 aliphatic rings. The lowest BCUT2D eigenvalue weighted by Crippen LogP contribution is -2.46. The Morgan fingerprint density at radius 1 is 1.27 bits per heavy atom. The number of rotatable bonds is 5. The average Bonchev–Trinajstić information content (AvgIpc) is 3.12. The summed E-state index contributed by atoms with van der Waals surface area (Å²) in [4.78, 5) is 30.2. The number of anilines is 1. The van der Waals surface area contributed by atoms with Crippen molar-refractivity contribution >= 4 is 39.1 Å². The third-order valence-electron chi connectivity index (χ3n) is 4.48. The van der Waals surface area contributed by atoms with E-state index in [-0.39, 0.29) is 34.8 Å². The van der Waals surface area contributed by atoms with Gasteiger partial charge in [0.05, 0.1) is 30.0 Å². The van der Waals surface area contributed by atoms with Crippen molar-refractivity contribution in [3.05, 3.63) is 52.8 Å². The highest BCUT2D eigenvalue weighted by Gasteiger charge is 2.36. The van der Waals surface area contributed by atoms with E-state index in [0.29, 0.717) is 11.4 Å². The number of hydrogen-bond donors (Lipinski definition) is 0. The molecular weight excluding hydrogens is 421 g/mol. The molecule has 4 rings (SSSR count). The first kappa shape index (κ1) is 20.1. The van der Waals surface area contributed by atoms with Gasteiger partial charge in [0.15, 0.2) is 23.6 Å². The number of para-hydroxylation sites is 2. The number of amides is 1. The summed E-state index contributed by atoms with van der Waals surface area (Å²) < 4.78 is 51.7. The van der Waals surface area contributed by atoms with Gasteiger partial charge in [0, 0.05) is 0 Å². The molecule has 156 valence electrons. The minimum absolute atomic E-state index is 0.0828. The van der Waals surface area contributed by atoms with Crippen LogP contribution in [0.4, 0.5) is 18.9 Å². The lowest BCUT2D eigenvalue weighted by atomic mass is 10.1. The van der Waals surface area contributed by atoms with Gasteiger partial charge >= 0.3 is 5.97 Å². The van der Waals surface area contributed by atoms with E-state index in [4.69, 9.17) is 9.47 Å². The number of aromatic nitrogens is 1. The van der Waals surface area contributed by atoms with E-state index in [1.807, 2.05) is 0 Å². The van der Waals surface area contributed by atoms with E-state index in [2.05, 4.69) is 4.98 Å².